The molecular formula is C17H23N3O4S. The predicted octanol–water partition coefficient (Wildman–Crippen LogP) is 2.74. The molecule has 3 aliphatic rings. The molecule has 5 atom stereocenters. The molecule has 2 N–H and O–H groups in total. The van der Waals surface area contributed by atoms with E-state index in [4.69, 9.17) is 0 Å². The molecule has 1 aromatic carbocycles. The molecule has 136 valence electrons. The number of hydrogen-bond acceptors (Lipinski definition) is 5. The van der Waals surface area contributed by atoms with Gasteiger partial charge in [0.05, 0.1) is 9.82 Å². The molecule has 8 heteroatoms. The fraction of sp³-hybridized carbons (Fsp3) is 0.647. The standard InChI is InChI=1S/C17H23N3O4S/c1-18-25(23,24)11-5-6-15(17(9-11)20(21)22)19-16-8-10-7-14(16)13-4-2-3-12(10)13/h5-6,9-10,12-14,16,18-19H,2-4,7-8H2,1H3/t10-,12+,13-,14+,16-/m1/s1. The first-order valence-corrected chi connectivity index (χ1v) is 10.4. The molecule has 2 bridgehead atoms. The summed E-state index contributed by atoms with van der Waals surface area (Å²) >= 11 is 0. The summed E-state index contributed by atoms with van der Waals surface area (Å²) in [6, 6.07) is 4.35. The van der Waals surface area contributed by atoms with Gasteiger partial charge in [-0.2, -0.15) is 0 Å². The molecule has 1 aromatic rings. The molecule has 0 aromatic heterocycles. The number of anilines is 1. The number of sulfonamides is 1. The average Bonchev–Trinajstić information content (AvgIpc) is 3.27. The van der Waals surface area contributed by atoms with E-state index in [2.05, 4.69) is 10.0 Å². The largest absolute Gasteiger partial charge is 0.376 e. The van der Waals surface area contributed by atoms with Crippen molar-refractivity contribution in [2.24, 2.45) is 23.7 Å². The first kappa shape index (κ1) is 16.8. The number of nitrogens with one attached hydrogen (secondary N) is 2. The number of nitrogens with zero attached hydrogens (tertiary/aromatic N) is 1. The first-order chi connectivity index (χ1) is 11.9. The van der Waals surface area contributed by atoms with Gasteiger partial charge in [0.2, 0.25) is 10.0 Å². The van der Waals surface area contributed by atoms with Crippen LogP contribution in [0.4, 0.5) is 11.4 Å². The third-order valence-electron chi connectivity index (χ3n) is 6.51. The van der Waals surface area contributed by atoms with E-state index in [9.17, 15) is 18.5 Å². The number of benzene rings is 1. The molecule has 0 unspecified atom stereocenters. The minimum absolute atomic E-state index is 0.0870. The Morgan fingerprint density at radius 1 is 1.16 bits per heavy atom. The van der Waals surface area contributed by atoms with E-state index in [1.165, 1.54) is 44.9 Å². The number of nitro benzene ring substituents is 1. The van der Waals surface area contributed by atoms with Crippen LogP contribution in [0.15, 0.2) is 23.1 Å². The maximum absolute atomic E-state index is 11.9. The summed E-state index contributed by atoms with van der Waals surface area (Å²) in [5, 5.41) is 14.8. The Bertz CT molecular complexity index is 810. The third-order valence-corrected chi connectivity index (χ3v) is 7.93. The molecule has 3 saturated carbocycles. The SMILES string of the molecule is CNS(=O)(=O)c1ccc(N[C@@H]2C[C@H]3C[C@H]2[C@@H]2CCC[C@@H]32)c([N+](=O)[O-])c1. The fourth-order valence-corrected chi connectivity index (χ4v) is 6.25. The minimum atomic E-state index is -3.70. The van der Waals surface area contributed by atoms with Crippen LogP contribution in [0.1, 0.15) is 32.1 Å². The monoisotopic (exact) mass is 365 g/mol. The van der Waals surface area contributed by atoms with E-state index in [-0.39, 0.29) is 16.6 Å². The Morgan fingerprint density at radius 2 is 1.92 bits per heavy atom. The summed E-state index contributed by atoms with van der Waals surface area (Å²) in [6.45, 7) is 0. The van der Waals surface area contributed by atoms with E-state index in [1.54, 1.807) is 0 Å². The Hall–Kier alpha value is -1.67. The molecule has 3 aliphatic carbocycles. The third kappa shape index (κ3) is 2.71. The van der Waals surface area contributed by atoms with E-state index in [1.807, 2.05) is 0 Å². The lowest BCUT2D eigenvalue weighted by Gasteiger charge is -2.32. The highest BCUT2D eigenvalue weighted by Crippen LogP contribution is 2.59. The second-order valence-electron chi connectivity index (χ2n) is 7.55. The van der Waals surface area contributed by atoms with E-state index < -0.39 is 14.9 Å². The van der Waals surface area contributed by atoms with Gasteiger partial charge in [-0.15, -0.1) is 0 Å². The van der Waals surface area contributed by atoms with Gasteiger partial charge in [-0.05, 0) is 68.5 Å². The van der Waals surface area contributed by atoms with Crippen LogP contribution in [0, 0.1) is 33.8 Å². The van der Waals surface area contributed by atoms with E-state index in [0.29, 0.717) is 11.6 Å². The Balaban J connectivity index is 1.60. The van der Waals surface area contributed by atoms with Crippen molar-refractivity contribution in [3.8, 4) is 0 Å². The first-order valence-electron chi connectivity index (χ1n) is 8.89. The quantitative estimate of drug-likeness (QED) is 0.617. The molecule has 0 radical (unpaired) electrons. The van der Waals surface area contributed by atoms with Crippen molar-refractivity contribution in [3.63, 3.8) is 0 Å². The highest BCUT2D eigenvalue weighted by molar-refractivity contribution is 7.89. The number of rotatable bonds is 5. The summed E-state index contributed by atoms with van der Waals surface area (Å²) in [5.74, 6) is 2.97. The predicted molar refractivity (Wildman–Crippen MR) is 93.8 cm³/mol. The number of fused-ring (bicyclic) bond motifs is 5. The molecule has 0 saturated heterocycles. The zero-order valence-electron chi connectivity index (χ0n) is 14.1. The van der Waals surface area contributed by atoms with Gasteiger partial charge in [0.25, 0.3) is 5.69 Å². The average molecular weight is 365 g/mol. The molecule has 0 spiro atoms. The Kier molecular flexibility index (Phi) is 3.99. The smallest absolute Gasteiger partial charge is 0.293 e. The number of hydrogen-bond donors (Lipinski definition) is 2. The van der Waals surface area contributed by atoms with Crippen LogP contribution in [-0.2, 0) is 10.0 Å². The van der Waals surface area contributed by atoms with Crippen LogP contribution in [0.25, 0.3) is 0 Å². The van der Waals surface area contributed by atoms with Crippen LogP contribution in [-0.4, -0.2) is 26.4 Å². The minimum Gasteiger partial charge on any atom is -0.376 e. The highest BCUT2D eigenvalue weighted by atomic mass is 32.2. The summed E-state index contributed by atoms with van der Waals surface area (Å²) in [7, 11) is -2.41. The van der Waals surface area contributed by atoms with Gasteiger partial charge in [-0.3, -0.25) is 10.1 Å². The molecular weight excluding hydrogens is 342 g/mol. The van der Waals surface area contributed by atoms with Crippen molar-refractivity contribution in [1.29, 1.82) is 0 Å². The van der Waals surface area contributed by atoms with Crippen molar-refractivity contribution in [2.75, 3.05) is 12.4 Å². The van der Waals surface area contributed by atoms with Gasteiger partial charge in [0.1, 0.15) is 5.69 Å². The Labute approximate surface area is 147 Å². The zero-order chi connectivity index (χ0) is 17.8. The van der Waals surface area contributed by atoms with Crippen LogP contribution >= 0.6 is 0 Å². The van der Waals surface area contributed by atoms with E-state index in [0.717, 1.165) is 30.2 Å². The zero-order valence-corrected chi connectivity index (χ0v) is 15.0. The van der Waals surface area contributed by atoms with Crippen LogP contribution < -0.4 is 10.0 Å². The highest BCUT2D eigenvalue weighted by Gasteiger charge is 2.53. The van der Waals surface area contributed by atoms with E-state index >= 15 is 0 Å². The lowest BCUT2D eigenvalue weighted by molar-refractivity contribution is -0.384. The molecule has 3 fully saturated rings. The van der Waals surface area contributed by atoms with Crippen molar-refractivity contribution in [3.05, 3.63) is 28.3 Å². The fourth-order valence-electron chi connectivity index (χ4n) is 5.50. The van der Waals surface area contributed by atoms with Gasteiger partial charge >= 0.3 is 0 Å². The molecule has 4 rings (SSSR count). The molecule has 0 heterocycles. The van der Waals surface area contributed by atoms with Crippen molar-refractivity contribution in [1.82, 2.24) is 4.72 Å². The lowest BCUT2D eigenvalue weighted by atomic mass is 9.79. The van der Waals surface area contributed by atoms with Gasteiger partial charge in [0, 0.05) is 12.1 Å². The Morgan fingerprint density at radius 3 is 2.64 bits per heavy atom. The maximum Gasteiger partial charge on any atom is 0.293 e. The van der Waals surface area contributed by atoms with Crippen molar-refractivity contribution >= 4 is 21.4 Å². The van der Waals surface area contributed by atoms with Crippen LogP contribution in [0.2, 0.25) is 0 Å². The summed E-state index contributed by atoms with van der Waals surface area (Å²) in [4.78, 5) is 10.9. The second-order valence-corrected chi connectivity index (χ2v) is 9.43. The van der Waals surface area contributed by atoms with Crippen molar-refractivity contribution < 1.29 is 13.3 Å². The van der Waals surface area contributed by atoms with Crippen LogP contribution in [0.3, 0.4) is 0 Å². The molecule has 25 heavy (non-hydrogen) atoms. The lowest BCUT2D eigenvalue weighted by Crippen LogP contribution is -2.34. The van der Waals surface area contributed by atoms with Gasteiger partial charge in [-0.1, -0.05) is 6.42 Å². The van der Waals surface area contributed by atoms with Gasteiger partial charge in [0.15, 0.2) is 0 Å². The normalized spacial score (nSPS) is 33.4. The second kappa shape index (κ2) is 5.95. The number of nitro groups is 1. The maximum atomic E-state index is 11.9. The topological polar surface area (TPSA) is 101 Å². The summed E-state index contributed by atoms with van der Waals surface area (Å²) in [6.07, 6.45) is 6.24. The summed E-state index contributed by atoms with van der Waals surface area (Å²) in [5.41, 5.74) is 0.245. The molecule has 0 amide bonds. The van der Waals surface area contributed by atoms with Crippen LogP contribution in [0.5, 0.6) is 0 Å². The molecule has 7 nitrogen and oxygen atoms in total. The molecule has 0 aliphatic heterocycles. The van der Waals surface area contributed by atoms with Crippen molar-refractivity contribution in [2.45, 2.75) is 43.0 Å². The van der Waals surface area contributed by atoms with Gasteiger partial charge < -0.3 is 5.32 Å². The summed E-state index contributed by atoms with van der Waals surface area (Å²) < 4.78 is 26.0. The van der Waals surface area contributed by atoms with Gasteiger partial charge in [-0.25, -0.2) is 13.1 Å².